The summed E-state index contributed by atoms with van der Waals surface area (Å²) in [7, 11) is 1.74. The fraction of sp³-hybridized carbons (Fsp3) is 0.364. The Morgan fingerprint density at radius 1 is 1.44 bits per heavy atom. The van der Waals surface area contributed by atoms with Gasteiger partial charge in [0.15, 0.2) is 0 Å². The SMILES string of the molecule is CNC1CC(=O)N(c2cc(F)ccc2F)C1. The van der Waals surface area contributed by atoms with E-state index in [1.54, 1.807) is 7.05 Å². The van der Waals surface area contributed by atoms with Gasteiger partial charge in [-0.3, -0.25) is 4.79 Å². The molecule has 0 bridgehead atoms. The van der Waals surface area contributed by atoms with Gasteiger partial charge < -0.3 is 10.2 Å². The summed E-state index contributed by atoms with van der Waals surface area (Å²) < 4.78 is 26.4. The van der Waals surface area contributed by atoms with Crippen LogP contribution in [0.2, 0.25) is 0 Å². The summed E-state index contributed by atoms with van der Waals surface area (Å²) in [5, 5.41) is 2.95. The van der Waals surface area contributed by atoms with Crippen LogP contribution in [0.4, 0.5) is 14.5 Å². The Kier molecular flexibility index (Phi) is 2.87. The lowest BCUT2D eigenvalue weighted by Gasteiger charge is -2.17. The van der Waals surface area contributed by atoms with Gasteiger partial charge in [0.1, 0.15) is 11.6 Å². The van der Waals surface area contributed by atoms with E-state index >= 15 is 0 Å². The van der Waals surface area contributed by atoms with E-state index in [9.17, 15) is 13.6 Å². The van der Waals surface area contributed by atoms with Crippen LogP contribution in [0.25, 0.3) is 0 Å². The number of likely N-dealkylation sites (N-methyl/N-ethyl adjacent to an activating group) is 1. The molecule has 1 aliphatic heterocycles. The molecule has 86 valence electrons. The van der Waals surface area contributed by atoms with E-state index in [4.69, 9.17) is 0 Å². The average molecular weight is 226 g/mol. The van der Waals surface area contributed by atoms with E-state index in [1.807, 2.05) is 0 Å². The van der Waals surface area contributed by atoms with E-state index in [0.29, 0.717) is 13.0 Å². The van der Waals surface area contributed by atoms with Crippen LogP contribution >= 0.6 is 0 Å². The number of rotatable bonds is 2. The van der Waals surface area contributed by atoms with Crippen molar-refractivity contribution in [2.24, 2.45) is 0 Å². The Labute approximate surface area is 92.1 Å². The van der Waals surface area contributed by atoms with Crippen LogP contribution in [0.5, 0.6) is 0 Å². The van der Waals surface area contributed by atoms with Gasteiger partial charge in [0, 0.05) is 25.1 Å². The summed E-state index contributed by atoms with van der Waals surface area (Å²) in [6.45, 7) is 0.371. The highest BCUT2D eigenvalue weighted by atomic mass is 19.1. The van der Waals surface area contributed by atoms with Crippen molar-refractivity contribution in [2.45, 2.75) is 12.5 Å². The Morgan fingerprint density at radius 3 is 2.81 bits per heavy atom. The van der Waals surface area contributed by atoms with Crippen LogP contribution in [0.1, 0.15) is 6.42 Å². The van der Waals surface area contributed by atoms with Crippen molar-refractivity contribution in [1.82, 2.24) is 5.32 Å². The zero-order chi connectivity index (χ0) is 11.7. The number of nitrogens with zero attached hydrogens (tertiary/aromatic N) is 1. The summed E-state index contributed by atoms with van der Waals surface area (Å²) in [5.41, 5.74) is 0.0164. The number of hydrogen-bond acceptors (Lipinski definition) is 2. The van der Waals surface area contributed by atoms with Gasteiger partial charge in [-0.15, -0.1) is 0 Å². The minimum absolute atomic E-state index is 0.00447. The van der Waals surface area contributed by atoms with E-state index in [0.717, 1.165) is 18.2 Å². The largest absolute Gasteiger partial charge is 0.315 e. The van der Waals surface area contributed by atoms with Crippen LogP contribution in [0.15, 0.2) is 18.2 Å². The molecule has 1 aromatic carbocycles. The summed E-state index contributed by atoms with van der Waals surface area (Å²) in [4.78, 5) is 12.9. The predicted octanol–water partition coefficient (Wildman–Crippen LogP) is 1.29. The first-order chi connectivity index (χ1) is 7.61. The topological polar surface area (TPSA) is 32.3 Å². The maximum atomic E-state index is 13.4. The van der Waals surface area contributed by atoms with Gasteiger partial charge in [0.25, 0.3) is 0 Å². The molecule has 3 nitrogen and oxygen atoms in total. The lowest BCUT2D eigenvalue weighted by molar-refractivity contribution is -0.117. The molecule has 0 saturated carbocycles. The van der Waals surface area contributed by atoms with Crippen LogP contribution in [-0.2, 0) is 4.79 Å². The molecule has 1 N–H and O–H groups in total. The van der Waals surface area contributed by atoms with E-state index in [-0.39, 0.29) is 17.6 Å². The average Bonchev–Trinajstić information content (AvgIpc) is 2.63. The predicted molar refractivity (Wildman–Crippen MR) is 56.2 cm³/mol. The molecule has 1 saturated heterocycles. The van der Waals surface area contributed by atoms with Gasteiger partial charge in [-0.05, 0) is 19.2 Å². The van der Waals surface area contributed by atoms with E-state index in [1.165, 1.54) is 4.90 Å². The molecule has 1 atom stereocenters. The van der Waals surface area contributed by atoms with Crippen LogP contribution in [0, 0.1) is 11.6 Å². The second kappa shape index (κ2) is 4.17. The van der Waals surface area contributed by atoms with Crippen molar-refractivity contribution < 1.29 is 13.6 Å². The van der Waals surface area contributed by atoms with Gasteiger partial charge in [-0.25, -0.2) is 8.78 Å². The number of carbonyl (C=O) groups excluding carboxylic acids is 1. The van der Waals surface area contributed by atoms with Crippen molar-refractivity contribution >= 4 is 11.6 Å². The molecule has 0 aliphatic carbocycles. The quantitative estimate of drug-likeness (QED) is 0.824. The fourth-order valence-electron chi connectivity index (χ4n) is 1.83. The summed E-state index contributed by atoms with van der Waals surface area (Å²) in [5.74, 6) is -1.31. The first-order valence-electron chi connectivity index (χ1n) is 5.04. The second-order valence-corrected chi connectivity index (χ2v) is 3.79. The molecule has 0 aromatic heterocycles. The maximum Gasteiger partial charge on any atom is 0.228 e. The Bertz CT molecular complexity index is 422. The molecule has 1 heterocycles. The zero-order valence-corrected chi connectivity index (χ0v) is 8.84. The Hall–Kier alpha value is -1.49. The number of nitrogens with one attached hydrogen (secondary N) is 1. The molecule has 1 aliphatic rings. The molecule has 1 fully saturated rings. The summed E-state index contributed by atoms with van der Waals surface area (Å²) in [6.07, 6.45) is 0.312. The third kappa shape index (κ3) is 1.90. The van der Waals surface area contributed by atoms with Gasteiger partial charge in [-0.2, -0.15) is 0 Å². The minimum Gasteiger partial charge on any atom is -0.315 e. The lowest BCUT2D eigenvalue weighted by atomic mass is 10.2. The van der Waals surface area contributed by atoms with Crippen molar-refractivity contribution in [1.29, 1.82) is 0 Å². The van der Waals surface area contributed by atoms with Crippen LogP contribution < -0.4 is 10.2 Å². The molecule has 1 aromatic rings. The van der Waals surface area contributed by atoms with Crippen LogP contribution in [-0.4, -0.2) is 25.5 Å². The molecule has 5 heteroatoms. The van der Waals surface area contributed by atoms with E-state index < -0.39 is 11.6 Å². The fourth-order valence-corrected chi connectivity index (χ4v) is 1.83. The molecule has 0 spiro atoms. The molecule has 16 heavy (non-hydrogen) atoms. The second-order valence-electron chi connectivity index (χ2n) is 3.79. The van der Waals surface area contributed by atoms with Gasteiger partial charge in [-0.1, -0.05) is 0 Å². The molecule has 1 amide bonds. The van der Waals surface area contributed by atoms with Crippen molar-refractivity contribution in [3.8, 4) is 0 Å². The summed E-state index contributed by atoms with van der Waals surface area (Å²) >= 11 is 0. The molecular formula is C11H12F2N2O. The number of anilines is 1. The zero-order valence-electron chi connectivity index (χ0n) is 8.84. The van der Waals surface area contributed by atoms with Gasteiger partial charge in [0.2, 0.25) is 5.91 Å². The number of hydrogen-bond donors (Lipinski definition) is 1. The first kappa shape index (κ1) is 11.0. The Morgan fingerprint density at radius 2 is 2.19 bits per heavy atom. The molecular weight excluding hydrogens is 214 g/mol. The maximum absolute atomic E-state index is 13.4. The minimum atomic E-state index is -0.577. The highest BCUT2D eigenvalue weighted by molar-refractivity contribution is 5.96. The lowest BCUT2D eigenvalue weighted by Crippen LogP contribution is -2.30. The first-order valence-corrected chi connectivity index (χ1v) is 5.04. The normalized spacial score (nSPS) is 20.6. The monoisotopic (exact) mass is 226 g/mol. The highest BCUT2D eigenvalue weighted by Crippen LogP contribution is 2.25. The van der Waals surface area contributed by atoms with Crippen molar-refractivity contribution in [2.75, 3.05) is 18.5 Å². The smallest absolute Gasteiger partial charge is 0.228 e. The highest BCUT2D eigenvalue weighted by Gasteiger charge is 2.31. The number of halogens is 2. The number of carbonyl (C=O) groups is 1. The van der Waals surface area contributed by atoms with Gasteiger partial charge in [0.05, 0.1) is 5.69 Å². The Balaban J connectivity index is 2.30. The van der Waals surface area contributed by atoms with Gasteiger partial charge >= 0.3 is 0 Å². The van der Waals surface area contributed by atoms with Crippen molar-refractivity contribution in [3.63, 3.8) is 0 Å². The number of amides is 1. The molecule has 0 radical (unpaired) electrons. The van der Waals surface area contributed by atoms with Crippen molar-refractivity contribution in [3.05, 3.63) is 29.8 Å². The molecule has 2 rings (SSSR count). The van der Waals surface area contributed by atoms with Crippen LogP contribution in [0.3, 0.4) is 0 Å². The third-order valence-electron chi connectivity index (χ3n) is 2.73. The van der Waals surface area contributed by atoms with E-state index in [2.05, 4.69) is 5.32 Å². The molecule has 1 unspecified atom stereocenters. The third-order valence-corrected chi connectivity index (χ3v) is 2.73. The number of benzene rings is 1. The summed E-state index contributed by atoms with van der Waals surface area (Å²) in [6, 6.07) is 3.11. The standard InChI is InChI=1S/C11H12F2N2O/c1-14-8-5-11(16)15(6-8)10-4-7(12)2-3-9(10)13/h2-4,8,14H,5-6H2,1H3.